The highest BCUT2D eigenvalue weighted by Gasteiger charge is 2.32. The van der Waals surface area contributed by atoms with E-state index in [9.17, 15) is 19.2 Å². The molecule has 3 amide bonds. The number of likely N-dealkylation sites (tertiary alicyclic amines) is 1. The minimum atomic E-state index is -0.288. The highest BCUT2D eigenvalue weighted by atomic mass is 16.5. The maximum atomic E-state index is 12.5. The van der Waals surface area contributed by atoms with Gasteiger partial charge in [-0.3, -0.25) is 24.2 Å². The van der Waals surface area contributed by atoms with E-state index in [0.29, 0.717) is 41.1 Å². The van der Waals surface area contributed by atoms with Crippen molar-refractivity contribution in [2.75, 3.05) is 27.2 Å². The van der Waals surface area contributed by atoms with Crippen LogP contribution < -0.4 is 20.9 Å². The van der Waals surface area contributed by atoms with Crippen molar-refractivity contribution < 1.29 is 19.1 Å². The fourth-order valence-corrected chi connectivity index (χ4v) is 3.69. The number of amides is 3. The Hall–Kier alpha value is -4.28. The molecule has 3 aromatic rings. The lowest BCUT2D eigenvalue weighted by Crippen LogP contribution is -2.61. The molecule has 1 saturated heterocycles. The normalized spacial score (nSPS) is 13.3. The van der Waals surface area contributed by atoms with Gasteiger partial charge in [-0.25, -0.2) is 4.98 Å². The third-order valence-corrected chi connectivity index (χ3v) is 5.56. The minimum Gasteiger partial charge on any atom is -0.494 e. The number of aromatic nitrogens is 3. The molecule has 3 N–H and O–H groups in total. The van der Waals surface area contributed by atoms with E-state index >= 15 is 0 Å². The van der Waals surface area contributed by atoms with Crippen LogP contribution in [0.25, 0.3) is 10.9 Å². The van der Waals surface area contributed by atoms with E-state index in [-0.39, 0.29) is 47.9 Å². The van der Waals surface area contributed by atoms with Crippen molar-refractivity contribution in [3.05, 3.63) is 64.0 Å². The summed E-state index contributed by atoms with van der Waals surface area (Å²) in [5.74, 6) is 0.147. The van der Waals surface area contributed by atoms with Crippen LogP contribution >= 0.6 is 0 Å². The first-order valence-corrected chi connectivity index (χ1v) is 10.7. The van der Waals surface area contributed by atoms with Gasteiger partial charge in [0.05, 0.1) is 24.1 Å². The lowest BCUT2D eigenvalue weighted by atomic mass is 10.1. The molecule has 0 saturated carbocycles. The number of methoxy groups -OCH3 is 1. The lowest BCUT2D eigenvalue weighted by molar-refractivity contribution is -0.122. The molecular weight excluding hydrogens is 440 g/mol. The van der Waals surface area contributed by atoms with Gasteiger partial charge in [-0.15, -0.1) is 0 Å². The van der Waals surface area contributed by atoms with Gasteiger partial charge < -0.3 is 25.3 Å². The number of benzene rings is 1. The van der Waals surface area contributed by atoms with Crippen LogP contribution in [0.2, 0.25) is 0 Å². The largest absolute Gasteiger partial charge is 0.494 e. The van der Waals surface area contributed by atoms with E-state index in [2.05, 4.69) is 25.6 Å². The van der Waals surface area contributed by atoms with E-state index in [1.165, 1.54) is 26.4 Å². The number of rotatable bonds is 7. The van der Waals surface area contributed by atoms with E-state index in [1.54, 1.807) is 29.2 Å². The van der Waals surface area contributed by atoms with E-state index < -0.39 is 0 Å². The summed E-state index contributed by atoms with van der Waals surface area (Å²) in [4.78, 5) is 61.5. The molecule has 4 rings (SSSR count). The molecule has 1 aliphatic heterocycles. The Morgan fingerprint density at radius 2 is 2.00 bits per heavy atom. The summed E-state index contributed by atoms with van der Waals surface area (Å²) >= 11 is 0. The summed E-state index contributed by atoms with van der Waals surface area (Å²) in [5.41, 5.74) is 0.770. The standard InChI is InChI=1S/C23H24N6O5/c1-24-21(31)13-6-7-16(25-10-13)23(33)29-11-14(12-29)26-19(30)9-8-18-27-20-15(22(32)28-18)4-3-5-17(20)34-2/h3-7,10,14H,8-9,11-12H2,1-2H3,(H,24,31)(H,26,30)(H,27,28,32). The Kier molecular flexibility index (Phi) is 6.53. The number of aryl methyl sites for hydroxylation is 1. The number of aromatic amines is 1. The van der Waals surface area contributed by atoms with Crippen molar-refractivity contribution in [1.29, 1.82) is 0 Å². The average molecular weight is 464 g/mol. The second-order valence-electron chi connectivity index (χ2n) is 7.85. The number of para-hydroxylation sites is 1. The second kappa shape index (κ2) is 9.69. The van der Waals surface area contributed by atoms with Crippen molar-refractivity contribution in [2.24, 2.45) is 0 Å². The molecule has 34 heavy (non-hydrogen) atoms. The second-order valence-corrected chi connectivity index (χ2v) is 7.85. The Morgan fingerprint density at radius 3 is 2.68 bits per heavy atom. The van der Waals surface area contributed by atoms with Crippen molar-refractivity contribution >= 4 is 28.6 Å². The van der Waals surface area contributed by atoms with Gasteiger partial charge >= 0.3 is 0 Å². The van der Waals surface area contributed by atoms with E-state index in [1.807, 2.05) is 0 Å². The van der Waals surface area contributed by atoms with Crippen LogP contribution in [-0.2, 0) is 11.2 Å². The van der Waals surface area contributed by atoms with Gasteiger partial charge in [0.15, 0.2) is 0 Å². The van der Waals surface area contributed by atoms with Crippen molar-refractivity contribution in [3.63, 3.8) is 0 Å². The monoisotopic (exact) mass is 464 g/mol. The smallest absolute Gasteiger partial charge is 0.272 e. The average Bonchev–Trinajstić information content (AvgIpc) is 2.83. The third-order valence-electron chi connectivity index (χ3n) is 5.56. The van der Waals surface area contributed by atoms with Gasteiger partial charge in [-0.2, -0.15) is 0 Å². The zero-order valence-electron chi connectivity index (χ0n) is 18.8. The van der Waals surface area contributed by atoms with Crippen LogP contribution in [0.15, 0.2) is 41.3 Å². The van der Waals surface area contributed by atoms with Crippen LogP contribution in [0.1, 0.15) is 33.1 Å². The molecule has 176 valence electrons. The van der Waals surface area contributed by atoms with E-state index in [4.69, 9.17) is 4.74 Å². The Morgan fingerprint density at radius 1 is 1.21 bits per heavy atom. The third kappa shape index (κ3) is 4.72. The lowest BCUT2D eigenvalue weighted by Gasteiger charge is -2.39. The Labute approximate surface area is 194 Å². The van der Waals surface area contributed by atoms with Gasteiger partial charge in [0.1, 0.15) is 22.8 Å². The molecule has 0 atom stereocenters. The highest BCUT2D eigenvalue weighted by Crippen LogP contribution is 2.20. The van der Waals surface area contributed by atoms with Crippen molar-refractivity contribution in [1.82, 2.24) is 30.5 Å². The van der Waals surface area contributed by atoms with Gasteiger partial charge in [0, 0.05) is 39.2 Å². The number of hydrogen-bond acceptors (Lipinski definition) is 7. The first kappa shape index (κ1) is 22.9. The Bertz CT molecular complexity index is 1300. The molecule has 0 bridgehead atoms. The summed E-state index contributed by atoms with van der Waals surface area (Å²) in [6, 6.07) is 7.99. The number of fused-ring (bicyclic) bond motifs is 1. The predicted octanol–water partition coefficient (Wildman–Crippen LogP) is 0.260. The minimum absolute atomic E-state index is 0.135. The summed E-state index contributed by atoms with van der Waals surface area (Å²) in [6.07, 6.45) is 1.74. The number of nitrogens with zero attached hydrogens (tertiary/aromatic N) is 3. The molecular formula is C23H24N6O5. The van der Waals surface area contributed by atoms with Crippen LogP contribution in [-0.4, -0.2) is 70.9 Å². The summed E-state index contributed by atoms with van der Waals surface area (Å²) < 4.78 is 5.27. The molecule has 11 nitrogen and oxygen atoms in total. The molecule has 0 aliphatic carbocycles. The summed E-state index contributed by atoms with van der Waals surface area (Å²) in [5, 5.41) is 5.79. The fourth-order valence-electron chi connectivity index (χ4n) is 3.69. The first-order chi connectivity index (χ1) is 16.4. The van der Waals surface area contributed by atoms with Crippen LogP contribution in [0.4, 0.5) is 0 Å². The summed E-state index contributed by atoms with van der Waals surface area (Å²) in [6.45, 7) is 0.734. The molecule has 1 aromatic carbocycles. The van der Waals surface area contributed by atoms with Gasteiger partial charge in [0.2, 0.25) is 5.91 Å². The van der Waals surface area contributed by atoms with Crippen molar-refractivity contribution in [2.45, 2.75) is 18.9 Å². The first-order valence-electron chi connectivity index (χ1n) is 10.7. The number of H-pyrrole nitrogens is 1. The zero-order valence-corrected chi connectivity index (χ0v) is 18.8. The van der Waals surface area contributed by atoms with Gasteiger partial charge in [-0.05, 0) is 24.3 Å². The number of carbonyl (C=O) groups is 3. The topological polar surface area (TPSA) is 146 Å². The quantitative estimate of drug-likeness (QED) is 0.454. The number of ether oxygens (including phenoxy) is 1. The molecule has 11 heteroatoms. The van der Waals surface area contributed by atoms with Crippen molar-refractivity contribution in [3.8, 4) is 5.75 Å². The van der Waals surface area contributed by atoms with Crippen LogP contribution in [0, 0.1) is 0 Å². The van der Waals surface area contributed by atoms with E-state index in [0.717, 1.165) is 0 Å². The maximum absolute atomic E-state index is 12.5. The molecule has 1 aliphatic rings. The van der Waals surface area contributed by atoms with Crippen LogP contribution in [0.5, 0.6) is 5.75 Å². The van der Waals surface area contributed by atoms with Gasteiger partial charge in [-0.1, -0.05) is 6.07 Å². The number of nitrogens with one attached hydrogen (secondary N) is 3. The number of hydrogen-bond donors (Lipinski definition) is 3. The molecule has 0 spiro atoms. The number of carbonyl (C=O) groups excluding carboxylic acids is 3. The Balaban J connectivity index is 1.28. The SMILES string of the molecule is CNC(=O)c1ccc(C(=O)N2CC(NC(=O)CCc3nc4c(OC)cccc4c(=O)[nH]3)C2)nc1. The molecule has 2 aromatic heterocycles. The predicted molar refractivity (Wildman–Crippen MR) is 123 cm³/mol. The maximum Gasteiger partial charge on any atom is 0.272 e. The molecule has 1 fully saturated rings. The van der Waals surface area contributed by atoms with Crippen LogP contribution in [0.3, 0.4) is 0 Å². The molecule has 0 radical (unpaired) electrons. The zero-order chi connectivity index (χ0) is 24.2. The van der Waals surface area contributed by atoms with Gasteiger partial charge in [0.25, 0.3) is 17.4 Å². The highest BCUT2D eigenvalue weighted by molar-refractivity contribution is 5.96. The summed E-state index contributed by atoms with van der Waals surface area (Å²) in [7, 11) is 3.03. The number of pyridine rings is 1. The fraction of sp³-hybridized carbons (Fsp3) is 0.304. The molecule has 3 heterocycles. The molecule has 0 unspecified atom stereocenters.